The van der Waals surface area contributed by atoms with Gasteiger partial charge in [-0.05, 0) is 49.8 Å². The summed E-state index contributed by atoms with van der Waals surface area (Å²) >= 11 is 0. The molecule has 1 nitrogen and oxygen atoms in total. The van der Waals surface area contributed by atoms with E-state index in [9.17, 15) is 4.39 Å². The summed E-state index contributed by atoms with van der Waals surface area (Å²) < 4.78 is 12.8. The van der Waals surface area contributed by atoms with E-state index in [1.54, 1.807) is 12.1 Å². The minimum atomic E-state index is -0.153. The van der Waals surface area contributed by atoms with Gasteiger partial charge in [0.2, 0.25) is 0 Å². The van der Waals surface area contributed by atoms with Crippen LogP contribution in [0.3, 0.4) is 0 Å². The van der Waals surface area contributed by atoms with E-state index < -0.39 is 0 Å². The molecule has 0 aromatic heterocycles. The van der Waals surface area contributed by atoms with Crippen molar-refractivity contribution in [1.29, 1.82) is 0 Å². The molecule has 1 aliphatic rings. The van der Waals surface area contributed by atoms with Gasteiger partial charge >= 0.3 is 0 Å². The Bertz CT molecular complexity index is 356. The molecule has 1 aliphatic carbocycles. The molecule has 1 N–H and O–H groups in total. The second-order valence-corrected chi connectivity index (χ2v) is 5.68. The third-order valence-corrected chi connectivity index (χ3v) is 3.78. The van der Waals surface area contributed by atoms with E-state index >= 15 is 0 Å². The van der Waals surface area contributed by atoms with Crippen molar-refractivity contribution >= 4 is 0 Å². The number of benzene rings is 1. The van der Waals surface area contributed by atoms with Crippen LogP contribution >= 0.6 is 0 Å². The topological polar surface area (TPSA) is 12.0 Å². The first-order valence-electron chi connectivity index (χ1n) is 7.18. The molecule has 0 saturated heterocycles. The van der Waals surface area contributed by atoms with Crippen LogP contribution in [0.5, 0.6) is 0 Å². The average molecular weight is 249 g/mol. The summed E-state index contributed by atoms with van der Waals surface area (Å²) in [4.78, 5) is 0. The van der Waals surface area contributed by atoms with Crippen LogP contribution in [0.4, 0.5) is 4.39 Å². The van der Waals surface area contributed by atoms with E-state index in [-0.39, 0.29) is 5.82 Å². The molecule has 2 heteroatoms. The molecule has 1 fully saturated rings. The summed E-state index contributed by atoms with van der Waals surface area (Å²) in [6.07, 6.45) is 6.34. The fourth-order valence-corrected chi connectivity index (χ4v) is 2.54. The molecule has 18 heavy (non-hydrogen) atoms. The maximum atomic E-state index is 12.8. The quantitative estimate of drug-likeness (QED) is 0.772. The van der Waals surface area contributed by atoms with Crippen molar-refractivity contribution in [3.05, 3.63) is 35.6 Å². The highest BCUT2D eigenvalue weighted by Gasteiger charge is 2.25. The van der Waals surface area contributed by atoms with Crippen molar-refractivity contribution in [2.75, 3.05) is 0 Å². The predicted molar refractivity (Wildman–Crippen MR) is 74.1 cm³/mol. The zero-order valence-corrected chi connectivity index (χ0v) is 11.5. The van der Waals surface area contributed by atoms with Gasteiger partial charge in [0.25, 0.3) is 0 Å². The zero-order chi connectivity index (χ0) is 13.0. The Hall–Kier alpha value is -0.890. The number of hydrogen-bond donors (Lipinski definition) is 1. The molecule has 2 atom stereocenters. The van der Waals surface area contributed by atoms with Crippen molar-refractivity contribution < 1.29 is 4.39 Å². The van der Waals surface area contributed by atoms with Crippen molar-refractivity contribution in [2.24, 2.45) is 5.92 Å². The van der Waals surface area contributed by atoms with Crippen molar-refractivity contribution in [1.82, 2.24) is 5.32 Å². The summed E-state index contributed by atoms with van der Waals surface area (Å²) in [5, 5.41) is 3.71. The normalized spacial score (nSPS) is 18.6. The Labute approximate surface area is 110 Å². The van der Waals surface area contributed by atoms with E-state index in [1.165, 1.54) is 31.2 Å². The first-order chi connectivity index (χ1) is 8.67. The lowest BCUT2D eigenvalue weighted by molar-refractivity contribution is 0.396. The summed E-state index contributed by atoms with van der Waals surface area (Å²) in [7, 11) is 0. The van der Waals surface area contributed by atoms with Crippen LogP contribution < -0.4 is 5.32 Å². The van der Waals surface area contributed by atoms with Gasteiger partial charge in [-0.25, -0.2) is 4.39 Å². The molecule has 1 aromatic rings. The van der Waals surface area contributed by atoms with E-state index in [1.807, 2.05) is 12.1 Å². The van der Waals surface area contributed by atoms with Crippen LogP contribution in [0, 0.1) is 11.7 Å². The highest BCUT2D eigenvalue weighted by molar-refractivity contribution is 5.17. The average Bonchev–Trinajstić information content (AvgIpc) is 3.15. The number of nitrogens with one attached hydrogen (secondary N) is 1. The first-order valence-corrected chi connectivity index (χ1v) is 7.18. The van der Waals surface area contributed by atoms with E-state index in [4.69, 9.17) is 0 Å². The number of rotatable bonds is 7. The summed E-state index contributed by atoms with van der Waals surface area (Å²) in [6, 6.07) is 7.96. The third kappa shape index (κ3) is 4.41. The maximum Gasteiger partial charge on any atom is 0.123 e. The Balaban J connectivity index is 1.79. The highest BCUT2D eigenvalue weighted by atomic mass is 19.1. The zero-order valence-electron chi connectivity index (χ0n) is 11.5. The molecule has 0 amide bonds. The molecule has 2 unspecified atom stereocenters. The molecule has 1 saturated carbocycles. The predicted octanol–water partition coefficient (Wildman–Crippen LogP) is 3.93. The van der Waals surface area contributed by atoms with Gasteiger partial charge in [-0.3, -0.25) is 0 Å². The highest BCUT2D eigenvalue weighted by Crippen LogP contribution is 2.34. The molecule has 100 valence electrons. The smallest absolute Gasteiger partial charge is 0.123 e. The van der Waals surface area contributed by atoms with Crippen molar-refractivity contribution in [3.63, 3.8) is 0 Å². The van der Waals surface area contributed by atoms with E-state index in [0.29, 0.717) is 12.1 Å². The number of halogens is 1. The lowest BCUT2D eigenvalue weighted by Crippen LogP contribution is -2.37. The largest absolute Gasteiger partial charge is 0.311 e. The molecule has 0 radical (unpaired) electrons. The van der Waals surface area contributed by atoms with Crippen LogP contribution in [-0.4, -0.2) is 12.1 Å². The van der Waals surface area contributed by atoms with Crippen LogP contribution in [0.15, 0.2) is 24.3 Å². The standard InChI is InChI=1S/C16H24FN/c1-3-16(11-14-4-5-14)18-12(2)10-13-6-8-15(17)9-7-13/h6-9,12,14,16,18H,3-5,10-11H2,1-2H3. The van der Waals surface area contributed by atoms with Crippen molar-refractivity contribution in [3.8, 4) is 0 Å². The lowest BCUT2D eigenvalue weighted by atomic mass is 10.0. The summed E-state index contributed by atoms with van der Waals surface area (Å²) in [6.45, 7) is 4.48. The Kier molecular flexibility index (Phi) is 4.76. The molecule has 0 heterocycles. The fraction of sp³-hybridized carbons (Fsp3) is 0.625. The minimum Gasteiger partial charge on any atom is -0.311 e. The van der Waals surface area contributed by atoms with Crippen LogP contribution in [0.1, 0.15) is 45.1 Å². The van der Waals surface area contributed by atoms with Gasteiger partial charge in [-0.1, -0.05) is 31.9 Å². The van der Waals surface area contributed by atoms with Gasteiger partial charge in [0.1, 0.15) is 5.82 Å². The van der Waals surface area contributed by atoms with Gasteiger partial charge < -0.3 is 5.32 Å². The Morgan fingerprint density at radius 2 is 1.94 bits per heavy atom. The van der Waals surface area contributed by atoms with Crippen molar-refractivity contribution in [2.45, 2.75) is 58.0 Å². The second-order valence-electron chi connectivity index (χ2n) is 5.68. The third-order valence-electron chi connectivity index (χ3n) is 3.78. The minimum absolute atomic E-state index is 0.153. The van der Waals surface area contributed by atoms with Gasteiger partial charge in [0.15, 0.2) is 0 Å². The molecule has 0 spiro atoms. The Morgan fingerprint density at radius 3 is 2.50 bits per heavy atom. The van der Waals surface area contributed by atoms with Crippen LogP contribution in [-0.2, 0) is 6.42 Å². The summed E-state index contributed by atoms with van der Waals surface area (Å²) in [5.41, 5.74) is 1.21. The number of hydrogen-bond acceptors (Lipinski definition) is 1. The van der Waals surface area contributed by atoms with E-state index in [0.717, 1.165) is 12.3 Å². The fourth-order valence-electron chi connectivity index (χ4n) is 2.54. The first kappa shape index (κ1) is 13.5. The summed E-state index contributed by atoms with van der Waals surface area (Å²) in [5.74, 6) is 0.819. The second kappa shape index (κ2) is 6.33. The Morgan fingerprint density at radius 1 is 1.28 bits per heavy atom. The van der Waals surface area contributed by atoms with E-state index in [2.05, 4.69) is 19.2 Å². The maximum absolute atomic E-state index is 12.8. The monoisotopic (exact) mass is 249 g/mol. The van der Waals surface area contributed by atoms with Crippen LogP contribution in [0.2, 0.25) is 0 Å². The van der Waals surface area contributed by atoms with Gasteiger partial charge in [0, 0.05) is 12.1 Å². The SMILES string of the molecule is CCC(CC1CC1)NC(C)Cc1ccc(F)cc1. The molecule has 2 rings (SSSR count). The molecular weight excluding hydrogens is 225 g/mol. The molecule has 0 bridgehead atoms. The molecular formula is C16H24FN. The van der Waals surface area contributed by atoms with Gasteiger partial charge in [-0.15, -0.1) is 0 Å². The molecule has 0 aliphatic heterocycles. The van der Waals surface area contributed by atoms with Gasteiger partial charge in [0.05, 0.1) is 0 Å². The van der Waals surface area contributed by atoms with Gasteiger partial charge in [-0.2, -0.15) is 0 Å². The lowest BCUT2D eigenvalue weighted by Gasteiger charge is -2.22. The molecule has 1 aromatic carbocycles. The van der Waals surface area contributed by atoms with Crippen LogP contribution in [0.25, 0.3) is 0 Å².